The van der Waals surface area contributed by atoms with Crippen molar-refractivity contribution in [3.63, 3.8) is 0 Å². The van der Waals surface area contributed by atoms with Crippen LogP contribution in [0, 0.1) is 0 Å². The molecule has 5 heteroatoms. The number of aliphatic imine (C=N–C) groups is 1. The number of fused-ring (bicyclic) bond motifs is 1. The number of hydrogen-bond donors (Lipinski definition) is 1. The molecule has 66 valence electrons. The number of alkyl halides is 1. The average molecular weight is 196 g/mol. The molecule has 3 nitrogen and oxygen atoms in total. The molecule has 0 bridgehead atoms. The molecule has 13 heavy (non-hydrogen) atoms. The first-order valence-electron chi connectivity index (χ1n) is 3.65. The summed E-state index contributed by atoms with van der Waals surface area (Å²) in [6, 6.07) is 0. The van der Waals surface area contributed by atoms with Gasteiger partial charge in [0.2, 0.25) is 0 Å². The largest absolute Gasteiger partial charge is 0.297 e. The van der Waals surface area contributed by atoms with Gasteiger partial charge in [-0.3, -0.25) is 10.1 Å². The van der Waals surface area contributed by atoms with E-state index >= 15 is 0 Å². The number of carbonyl (C=O) groups is 1. The lowest BCUT2D eigenvalue weighted by Crippen LogP contribution is -2.37. The van der Waals surface area contributed by atoms with Crippen LogP contribution in [-0.4, -0.2) is 22.9 Å². The van der Waals surface area contributed by atoms with Crippen LogP contribution < -0.4 is 5.32 Å². The SMILES string of the molecule is O=C1NC(=S)N=C2C=CC(F)C=C12. The van der Waals surface area contributed by atoms with Crippen LogP contribution in [0.15, 0.2) is 28.8 Å². The van der Waals surface area contributed by atoms with E-state index < -0.39 is 6.17 Å². The highest BCUT2D eigenvalue weighted by Crippen LogP contribution is 2.15. The van der Waals surface area contributed by atoms with E-state index in [0.29, 0.717) is 5.71 Å². The van der Waals surface area contributed by atoms with Gasteiger partial charge in [-0.15, -0.1) is 0 Å². The van der Waals surface area contributed by atoms with E-state index in [-0.39, 0.29) is 16.6 Å². The first-order valence-corrected chi connectivity index (χ1v) is 4.06. The van der Waals surface area contributed by atoms with Crippen molar-refractivity contribution in [2.75, 3.05) is 0 Å². The van der Waals surface area contributed by atoms with Gasteiger partial charge in [0.05, 0.1) is 11.3 Å². The third-order valence-electron chi connectivity index (χ3n) is 1.73. The Kier molecular flexibility index (Phi) is 1.81. The number of rotatable bonds is 0. The Labute approximate surface area is 79.0 Å². The van der Waals surface area contributed by atoms with E-state index in [4.69, 9.17) is 12.2 Å². The minimum Gasteiger partial charge on any atom is -0.297 e. The number of nitrogens with one attached hydrogen (secondary N) is 1. The lowest BCUT2D eigenvalue weighted by atomic mass is 10.0. The standard InChI is InChI=1S/C8H5FN2OS/c9-4-1-2-6-5(3-4)7(12)11-8(13)10-6/h1-4H,(H,11,12,13). The fourth-order valence-corrected chi connectivity index (χ4v) is 1.36. The summed E-state index contributed by atoms with van der Waals surface area (Å²) in [5.74, 6) is -0.387. The van der Waals surface area contributed by atoms with Gasteiger partial charge in [-0.2, -0.15) is 0 Å². The lowest BCUT2D eigenvalue weighted by Gasteiger charge is -2.17. The second-order valence-corrected chi connectivity index (χ2v) is 3.03. The molecule has 1 atom stereocenters. The monoisotopic (exact) mass is 196 g/mol. The van der Waals surface area contributed by atoms with Crippen LogP contribution >= 0.6 is 12.2 Å². The fraction of sp³-hybridized carbons (Fsp3) is 0.125. The lowest BCUT2D eigenvalue weighted by molar-refractivity contribution is -0.115. The maximum absolute atomic E-state index is 12.8. The summed E-state index contributed by atoms with van der Waals surface area (Å²) in [6.07, 6.45) is 2.79. The van der Waals surface area contributed by atoms with Crippen LogP contribution in [0.5, 0.6) is 0 Å². The fourth-order valence-electron chi connectivity index (χ4n) is 1.16. The van der Waals surface area contributed by atoms with E-state index in [1.165, 1.54) is 18.2 Å². The molecule has 1 unspecified atom stereocenters. The topological polar surface area (TPSA) is 41.5 Å². The highest BCUT2D eigenvalue weighted by Gasteiger charge is 2.24. The number of carbonyl (C=O) groups excluding carboxylic acids is 1. The van der Waals surface area contributed by atoms with Crippen molar-refractivity contribution in [2.45, 2.75) is 6.17 Å². The molecule has 2 rings (SSSR count). The van der Waals surface area contributed by atoms with Crippen LogP contribution in [0.25, 0.3) is 0 Å². The zero-order chi connectivity index (χ0) is 9.42. The van der Waals surface area contributed by atoms with Gasteiger partial charge in [-0.25, -0.2) is 9.38 Å². The van der Waals surface area contributed by atoms with Crippen LogP contribution in [0.4, 0.5) is 4.39 Å². The Morgan fingerprint density at radius 3 is 3.15 bits per heavy atom. The van der Waals surface area contributed by atoms with Gasteiger partial charge >= 0.3 is 0 Å². The highest BCUT2D eigenvalue weighted by atomic mass is 32.1. The number of amides is 1. The van der Waals surface area contributed by atoms with Crippen molar-refractivity contribution in [3.8, 4) is 0 Å². The third-order valence-corrected chi connectivity index (χ3v) is 1.92. The Morgan fingerprint density at radius 2 is 2.38 bits per heavy atom. The zero-order valence-corrected chi connectivity index (χ0v) is 7.27. The quantitative estimate of drug-likeness (QED) is 0.579. The summed E-state index contributed by atoms with van der Waals surface area (Å²) in [5.41, 5.74) is 0.686. The predicted molar refractivity (Wildman–Crippen MR) is 50.3 cm³/mol. The number of nitrogens with zero attached hydrogens (tertiary/aromatic N) is 1. The van der Waals surface area contributed by atoms with Gasteiger partial charge in [-0.05, 0) is 30.4 Å². The normalized spacial score (nSPS) is 26.1. The number of allylic oxidation sites excluding steroid dienone is 3. The Morgan fingerprint density at radius 1 is 1.62 bits per heavy atom. The first kappa shape index (κ1) is 8.25. The molecular weight excluding hydrogens is 191 g/mol. The van der Waals surface area contributed by atoms with Gasteiger partial charge in [0.1, 0.15) is 6.17 Å². The van der Waals surface area contributed by atoms with Gasteiger partial charge in [0, 0.05) is 0 Å². The van der Waals surface area contributed by atoms with Crippen molar-refractivity contribution in [1.82, 2.24) is 5.32 Å². The minimum atomic E-state index is -1.22. The van der Waals surface area contributed by atoms with E-state index in [0.717, 1.165) is 0 Å². The second kappa shape index (κ2) is 2.85. The summed E-state index contributed by atoms with van der Waals surface area (Å²) in [5, 5.41) is 2.46. The molecule has 1 aliphatic heterocycles. The number of hydrogen-bond acceptors (Lipinski definition) is 2. The number of halogens is 1. The molecule has 0 fully saturated rings. The maximum atomic E-state index is 12.8. The van der Waals surface area contributed by atoms with Gasteiger partial charge in [-0.1, -0.05) is 0 Å². The summed E-state index contributed by atoms with van der Waals surface area (Å²) in [7, 11) is 0. The Balaban J connectivity index is 2.47. The number of thiocarbonyl (C=S) groups is 1. The molecule has 0 spiro atoms. The molecule has 1 N–H and O–H groups in total. The summed E-state index contributed by atoms with van der Waals surface area (Å²) in [6.45, 7) is 0. The van der Waals surface area contributed by atoms with E-state index in [1.54, 1.807) is 0 Å². The van der Waals surface area contributed by atoms with Crippen molar-refractivity contribution in [2.24, 2.45) is 4.99 Å². The molecule has 0 saturated carbocycles. The Hall–Kier alpha value is -1.36. The van der Waals surface area contributed by atoms with Gasteiger partial charge in [0.25, 0.3) is 5.91 Å². The first-order chi connectivity index (χ1) is 6.16. The summed E-state index contributed by atoms with van der Waals surface area (Å²) < 4.78 is 12.8. The van der Waals surface area contributed by atoms with Crippen LogP contribution in [0.2, 0.25) is 0 Å². The van der Waals surface area contributed by atoms with E-state index in [1.807, 2.05) is 0 Å². The van der Waals surface area contributed by atoms with Crippen molar-refractivity contribution >= 4 is 28.9 Å². The highest BCUT2D eigenvalue weighted by molar-refractivity contribution is 7.80. The van der Waals surface area contributed by atoms with Gasteiger partial charge in [0.15, 0.2) is 5.11 Å². The molecule has 0 aromatic rings. The predicted octanol–water partition coefficient (Wildman–Crippen LogP) is 0.676. The van der Waals surface area contributed by atoms with E-state index in [9.17, 15) is 9.18 Å². The molecule has 0 saturated heterocycles. The molecule has 1 aliphatic carbocycles. The molecule has 0 aromatic heterocycles. The van der Waals surface area contributed by atoms with Crippen LogP contribution in [0.1, 0.15) is 0 Å². The molecular formula is C8H5FN2OS. The Bertz CT molecular complexity index is 384. The van der Waals surface area contributed by atoms with E-state index in [2.05, 4.69) is 10.3 Å². The van der Waals surface area contributed by atoms with Crippen molar-refractivity contribution < 1.29 is 9.18 Å². The van der Waals surface area contributed by atoms with Gasteiger partial charge < -0.3 is 0 Å². The molecule has 2 aliphatic rings. The summed E-state index contributed by atoms with van der Waals surface area (Å²) in [4.78, 5) is 15.1. The molecule has 1 heterocycles. The molecule has 0 radical (unpaired) electrons. The maximum Gasteiger partial charge on any atom is 0.259 e. The second-order valence-electron chi connectivity index (χ2n) is 2.64. The van der Waals surface area contributed by atoms with Crippen molar-refractivity contribution in [1.29, 1.82) is 0 Å². The van der Waals surface area contributed by atoms with Crippen LogP contribution in [0.3, 0.4) is 0 Å². The average Bonchev–Trinajstić information content (AvgIpc) is 2.06. The summed E-state index contributed by atoms with van der Waals surface area (Å²) >= 11 is 4.71. The molecule has 0 aromatic carbocycles. The van der Waals surface area contributed by atoms with Crippen LogP contribution in [-0.2, 0) is 4.79 Å². The minimum absolute atomic E-state index is 0.124. The molecule has 1 amide bonds. The zero-order valence-electron chi connectivity index (χ0n) is 6.45. The third kappa shape index (κ3) is 1.42. The smallest absolute Gasteiger partial charge is 0.259 e. The van der Waals surface area contributed by atoms with Crippen molar-refractivity contribution in [3.05, 3.63) is 23.8 Å².